The highest BCUT2D eigenvalue weighted by molar-refractivity contribution is 5.85. The molecule has 0 aromatic carbocycles. The van der Waals surface area contributed by atoms with Gasteiger partial charge in [0.1, 0.15) is 5.82 Å². The van der Waals surface area contributed by atoms with Crippen LogP contribution in [0.15, 0.2) is 0 Å². The van der Waals surface area contributed by atoms with Crippen molar-refractivity contribution in [1.82, 2.24) is 20.2 Å². The van der Waals surface area contributed by atoms with Gasteiger partial charge >= 0.3 is 0 Å². The Bertz CT molecular complexity index is 697. The Morgan fingerprint density at radius 1 is 1.19 bits per heavy atom. The Labute approximate surface area is 166 Å². The molecule has 0 unspecified atom stereocenters. The van der Waals surface area contributed by atoms with Crippen LogP contribution in [0, 0.1) is 12.8 Å². The molecule has 3 rings (SSSR count). The molecular formula is C19H30ClN5O2. The number of aryl methyl sites for hydroxylation is 2. The van der Waals surface area contributed by atoms with Crippen LogP contribution in [-0.4, -0.2) is 45.8 Å². The zero-order valence-electron chi connectivity index (χ0n) is 16.2. The molecule has 7 nitrogen and oxygen atoms in total. The van der Waals surface area contributed by atoms with Crippen molar-refractivity contribution in [3.05, 3.63) is 22.8 Å². The zero-order valence-corrected chi connectivity index (χ0v) is 17.0. The third-order valence-electron chi connectivity index (χ3n) is 5.45. The lowest BCUT2D eigenvalue weighted by Crippen LogP contribution is -2.42. The molecule has 2 amide bonds. The number of nitrogens with zero attached hydrogens (tertiary/aromatic N) is 3. The maximum absolute atomic E-state index is 12.6. The number of hydrogen-bond donors (Lipinski definition) is 2. The summed E-state index contributed by atoms with van der Waals surface area (Å²) >= 11 is 0. The first-order valence-electron chi connectivity index (χ1n) is 9.58. The van der Waals surface area contributed by atoms with Crippen LogP contribution in [0.1, 0.15) is 55.4 Å². The van der Waals surface area contributed by atoms with Gasteiger partial charge in [0.2, 0.25) is 11.8 Å². The number of aromatic nitrogens is 2. The summed E-state index contributed by atoms with van der Waals surface area (Å²) in [4.78, 5) is 35.3. The number of hydrogen-bond acceptors (Lipinski definition) is 5. The van der Waals surface area contributed by atoms with E-state index in [1.54, 1.807) is 4.90 Å². The molecule has 2 aliphatic rings. The fraction of sp³-hybridized carbons (Fsp3) is 0.684. The molecule has 0 radical (unpaired) electrons. The van der Waals surface area contributed by atoms with Crippen molar-refractivity contribution in [2.45, 2.75) is 65.0 Å². The third kappa shape index (κ3) is 5.39. The number of nitrogens with two attached hydrogens (primary N) is 1. The van der Waals surface area contributed by atoms with Crippen molar-refractivity contribution in [1.29, 1.82) is 0 Å². The third-order valence-corrected chi connectivity index (χ3v) is 5.45. The van der Waals surface area contributed by atoms with Crippen molar-refractivity contribution in [3.8, 4) is 0 Å². The first-order chi connectivity index (χ1) is 12.4. The highest BCUT2D eigenvalue weighted by Gasteiger charge is 2.28. The van der Waals surface area contributed by atoms with Gasteiger partial charge < -0.3 is 16.0 Å². The Kier molecular flexibility index (Phi) is 7.56. The SMILES string of the molecule is CC(=O)N1C[C@@H](N)CC[C@@H](C(=O)NCc2nc(C)c3c(n2)CCCC3)C1.Cl. The van der Waals surface area contributed by atoms with Gasteiger partial charge in [-0.15, -0.1) is 12.4 Å². The van der Waals surface area contributed by atoms with Gasteiger partial charge in [0.15, 0.2) is 0 Å². The molecule has 2 heterocycles. The Morgan fingerprint density at radius 3 is 2.67 bits per heavy atom. The fourth-order valence-electron chi connectivity index (χ4n) is 3.93. The van der Waals surface area contributed by atoms with Crippen LogP contribution >= 0.6 is 12.4 Å². The van der Waals surface area contributed by atoms with E-state index >= 15 is 0 Å². The van der Waals surface area contributed by atoms with Crippen LogP contribution in [0.4, 0.5) is 0 Å². The lowest BCUT2D eigenvalue weighted by Gasteiger charge is -2.23. The lowest BCUT2D eigenvalue weighted by atomic mass is 9.95. The number of fused-ring (bicyclic) bond motifs is 1. The van der Waals surface area contributed by atoms with Crippen molar-refractivity contribution in [2.75, 3.05) is 13.1 Å². The molecule has 1 aliphatic carbocycles. The quantitative estimate of drug-likeness (QED) is 0.802. The summed E-state index contributed by atoms with van der Waals surface area (Å²) in [6, 6.07) is -0.0664. The van der Waals surface area contributed by atoms with E-state index in [9.17, 15) is 9.59 Å². The lowest BCUT2D eigenvalue weighted by molar-refractivity contribution is -0.131. The van der Waals surface area contributed by atoms with E-state index in [-0.39, 0.29) is 36.2 Å². The summed E-state index contributed by atoms with van der Waals surface area (Å²) in [7, 11) is 0. The van der Waals surface area contributed by atoms with Gasteiger partial charge in [0.25, 0.3) is 0 Å². The van der Waals surface area contributed by atoms with E-state index in [0.29, 0.717) is 31.9 Å². The van der Waals surface area contributed by atoms with Gasteiger partial charge in [-0.3, -0.25) is 9.59 Å². The van der Waals surface area contributed by atoms with Crippen molar-refractivity contribution in [3.63, 3.8) is 0 Å². The number of halogens is 1. The summed E-state index contributed by atoms with van der Waals surface area (Å²) in [5, 5.41) is 2.96. The van der Waals surface area contributed by atoms with E-state index in [1.807, 2.05) is 6.92 Å². The van der Waals surface area contributed by atoms with E-state index in [1.165, 1.54) is 25.3 Å². The van der Waals surface area contributed by atoms with Crippen LogP contribution in [0.5, 0.6) is 0 Å². The Hall–Kier alpha value is -1.73. The summed E-state index contributed by atoms with van der Waals surface area (Å²) < 4.78 is 0. The normalized spacial score (nSPS) is 22.3. The molecular weight excluding hydrogens is 366 g/mol. The highest BCUT2D eigenvalue weighted by atomic mass is 35.5. The first-order valence-corrected chi connectivity index (χ1v) is 9.58. The summed E-state index contributed by atoms with van der Waals surface area (Å²) in [5.41, 5.74) is 9.47. The molecule has 0 saturated carbocycles. The van der Waals surface area contributed by atoms with E-state index in [4.69, 9.17) is 5.73 Å². The second-order valence-electron chi connectivity index (χ2n) is 7.53. The fourth-order valence-corrected chi connectivity index (χ4v) is 3.93. The molecule has 1 aromatic rings. The molecule has 8 heteroatoms. The molecule has 1 aromatic heterocycles. The summed E-state index contributed by atoms with van der Waals surface area (Å²) in [5.74, 6) is 0.356. The van der Waals surface area contributed by atoms with Crippen molar-refractivity contribution < 1.29 is 9.59 Å². The Morgan fingerprint density at radius 2 is 1.93 bits per heavy atom. The van der Waals surface area contributed by atoms with Gasteiger partial charge in [0.05, 0.1) is 12.5 Å². The van der Waals surface area contributed by atoms with Crippen LogP contribution < -0.4 is 11.1 Å². The molecule has 1 aliphatic heterocycles. The molecule has 0 bridgehead atoms. The van der Waals surface area contributed by atoms with Gasteiger partial charge in [0, 0.05) is 37.4 Å². The minimum atomic E-state index is -0.230. The molecule has 27 heavy (non-hydrogen) atoms. The van der Waals surface area contributed by atoms with Crippen LogP contribution in [0.3, 0.4) is 0 Å². The number of carbonyl (C=O) groups excluding carboxylic acids is 2. The maximum atomic E-state index is 12.6. The van der Waals surface area contributed by atoms with Crippen molar-refractivity contribution in [2.24, 2.45) is 11.7 Å². The summed E-state index contributed by atoms with van der Waals surface area (Å²) in [6.45, 7) is 4.83. The number of likely N-dealkylation sites (tertiary alicyclic amines) is 1. The molecule has 1 saturated heterocycles. The molecule has 1 fully saturated rings. The van der Waals surface area contributed by atoms with E-state index < -0.39 is 0 Å². The minimum Gasteiger partial charge on any atom is -0.349 e. The molecule has 150 valence electrons. The monoisotopic (exact) mass is 395 g/mol. The standard InChI is InChI=1S/C19H29N5O2.ClH/c1-12-16-5-3-4-6-17(16)23-18(22-12)9-21-19(26)14-7-8-15(20)11-24(10-14)13(2)25;/h14-15H,3-11,20H2,1-2H3,(H,21,26);1H/t14-,15+;/m1./s1. The van der Waals surface area contributed by atoms with E-state index in [0.717, 1.165) is 30.7 Å². The van der Waals surface area contributed by atoms with Crippen molar-refractivity contribution >= 4 is 24.2 Å². The second-order valence-corrected chi connectivity index (χ2v) is 7.53. The molecule has 0 spiro atoms. The van der Waals surface area contributed by atoms with Gasteiger partial charge in [-0.2, -0.15) is 0 Å². The highest BCUT2D eigenvalue weighted by Crippen LogP contribution is 2.22. The number of carbonyl (C=O) groups is 2. The topological polar surface area (TPSA) is 101 Å². The Balaban J connectivity index is 0.00000261. The average molecular weight is 396 g/mol. The maximum Gasteiger partial charge on any atom is 0.225 e. The predicted octanol–water partition coefficient (Wildman–Crippen LogP) is 1.29. The first kappa shape index (κ1) is 21.6. The van der Waals surface area contributed by atoms with Crippen LogP contribution in [0.2, 0.25) is 0 Å². The van der Waals surface area contributed by atoms with Gasteiger partial charge in [-0.05, 0) is 51.0 Å². The molecule has 2 atom stereocenters. The summed E-state index contributed by atoms with van der Waals surface area (Å²) in [6.07, 6.45) is 5.85. The van der Waals surface area contributed by atoms with E-state index in [2.05, 4.69) is 15.3 Å². The van der Waals surface area contributed by atoms with Crippen LogP contribution in [-0.2, 0) is 29.0 Å². The average Bonchev–Trinajstić information content (AvgIpc) is 2.82. The van der Waals surface area contributed by atoms with Crippen LogP contribution in [0.25, 0.3) is 0 Å². The number of rotatable bonds is 3. The number of nitrogens with one attached hydrogen (secondary N) is 1. The minimum absolute atomic E-state index is 0. The smallest absolute Gasteiger partial charge is 0.225 e. The second kappa shape index (κ2) is 9.46. The molecule has 3 N–H and O–H groups in total. The predicted molar refractivity (Wildman–Crippen MR) is 105 cm³/mol. The van der Waals surface area contributed by atoms with Gasteiger partial charge in [-0.25, -0.2) is 9.97 Å². The zero-order chi connectivity index (χ0) is 18.7. The largest absolute Gasteiger partial charge is 0.349 e. The van der Waals surface area contributed by atoms with Gasteiger partial charge in [-0.1, -0.05) is 0 Å². The number of amides is 2.